The summed E-state index contributed by atoms with van der Waals surface area (Å²) in [5.74, 6) is 0. The minimum atomic E-state index is -0.292. The molecule has 0 bridgehead atoms. The van der Waals surface area contributed by atoms with E-state index >= 15 is 0 Å². The fourth-order valence-electron chi connectivity index (χ4n) is 1.19. The minimum Gasteiger partial charge on any atom is -0.306 e. The lowest BCUT2D eigenvalue weighted by molar-refractivity contribution is 0.260. The predicted octanol–water partition coefficient (Wildman–Crippen LogP) is 1.85. The number of rotatable bonds is 0. The highest BCUT2D eigenvalue weighted by atomic mass is 16.2. The average Bonchev–Trinajstić information content (AvgIpc) is 2.25. The molecule has 0 radical (unpaired) electrons. The number of carbonyl (C=O) groups excluding carboxylic acids is 1. The van der Waals surface area contributed by atoms with Gasteiger partial charge in [-0.05, 0) is 11.6 Å². The summed E-state index contributed by atoms with van der Waals surface area (Å²) < 4.78 is 0. The van der Waals surface area contributed by atoms with Crippen LogP contribution in [0, 0.1) is 0 Å². The maximum absolute atomic E-state index is 10.9. The van der Waals surface area contributed by atoms with Gasteiger partial charge in [-0.25, -0.2) is 9.79 Å². The highest BCUT2D eigenvalue weighted by Gasteiger charge is 2.06. The lowest BCUT2D eigenvalue weighted by Gasteiger charge is -2.03. The zero-order chi connectivity index (χ0) is 8.39. The number of nitrogens with zero attached hydrogens (tertiary/aromatic N) is 1. The fraction of sp³-hybridized carbons (Fsp3) is 0.111. The SMILES string of the molecule is O=C1N=CCc2ccccc2N1. The van der Waals surface area contributed by atoms with Crippen molar-refractivity contribution in [2.75, 3.05) is 5.32 Å². The molecule has 0 saturated heterocycles. The Labute approximate surface area is 70.1 Å². The lowest BCUT2D eigenvalue weighted by Crippen LogP contribution is -2.04. The van der Waals surface area contributed by atoms with Gasteiger partial charge in [0.15, 0.2) is 0 Å². The Morgan fingerprint density at radius 1 is 1.33 bits per heavy atom. The number of hydrogen-bond acceptors (Lipinski definition) is 1. The molecule has 1 aromatic carbocycles. The summed E-state index contributed by atoms with van der Waals surface area (Å²) in [7, 11) is 0. The monoisotopic (exact) mass is 160 g/mol. The molecule has 0 aliphatic carbocycles. The third kappa shape index (κ3) is 1.21. The number of fused-ring (bicyclic) bond motifs is 1. The maximum atomic E-state index is 10.9. The number of aliphatic imine (C=N–C) groups is 1. The highest BCUT2D eigenvalue weighted by Crippen LogP contribution is 2.16. The van der Waals surface area contributed by atoms with E-state index in [4.69, 9.17) is 0 Å². The molecular formula is C9H8N2O. The molecule has 12 heavy (non-hydrogen) atoms. The maximum Gasteiger partial charge on any atom is 0.345 e. The fourth-order valence-corrected chi connectivity index (χ4v) is 1.19. The quantitative estimate of drug-likeness (QED) is 0.618. The van der Waals surface area contributed by atoms with Crippen LogP contribution < -0.4 is 5.32 Å². The van der Waals surface area contributed by atoms with Crippen molar-refractivity contribution in [1.82, 2.24) is 0 Å². The van der Waals surface area contributed by atoms with Gasteiger partial charge in [-0.2, -0.15) is 0 Å². The van der Waals surface area contributed by atoms with E-state index < -0.39 is 0 Å². The number of benzene rings is 1. The highest BCUT2D eigenvalue weighted by molar-refractivity contribution is 5.97. The number of nitrogens with one attached hydrogen (secondary N) is 1. The molecule has 1 aliphatic heterocycles. The standard InChI is InChI=1S/C9H8N2O/c12-9-10-6-5-7-3-1-2-4-8(7)11-9/h1-4,6H,5H2,(H,11,12). The van der Waals surface area contributed by atoms with Gasteiger partial charge < -0.3 is 5.32 Å². The number of amides is 2. The number of anilines is 1. The average molecular weight is 160 g/mol. The van der Waals surface area contributed by atoms with Crippen LogP contribution in [0.2, 0.25) is 0 Å². The van der Waals surface area contributed by atoms with Crippen molar-refractivity contribution in [3.05, 3.63) is 29.8 Å². The molecule has 1 aromatic rings. The van der Waals surface area contributed by atoms with Crippen LogP contribution in [0.25, 0.3) is 0 Å². The summed E-state index contributed by atoms with van der Waals surface area (Å²) in [5, 5.41) is 2.69. The van der Waals surface area contributed by atoms with Crippen LogP contribution in [0.3, 0.4) is 0 Å². The minimum absolute atomic E-state index is 0.292. The van der Waals surface area contributed by atoms with Crippen molar-refractivity contribution in [2.45, 2.75) is 6.42 Å². The molecule has 0 unspecified atom stereocenters. The second-order valence-corrected chi connectivity index (χ2v) is 2.60. The second kappa shape index (κ2) is 2.77. The third-order valence-electron chi connectivity index (χ3n) is 1.78. The third-order valence-corrected chi connectivity index (χ3v) is 1.78. The largest absolute Gasteiger partial charge is 0.345 e. The molecule has 0 aromatic heterocycles. The van der Waals surface area contributed by atoms with Gasteiger partial charge in [-0.15, -0.1) is 0 Å². The Hall–Kier alpha value is -1.64. The van der Waals surface area contributed by atoms with Crippen molar-refractivity contribution in [1.29, 1.82) is 0 Å². The van der Waals surface area contributed by atoms with Crippen LogP contribution >= 0.6 is 0 Å². The van der Waals surface area contributed by atoms with E-state index in [0.717, 1.165) is 17.7 Å². The molecule has 60 valence electrons. The van der Waals surface area contributed by atoms with E-state index in [9.17, 15) is 4.79 Å². The summed E-state index contributed by atoms with van der Waals surface area (Å²) in [6.45, 7) is 0. The molecule has 1 aliphatic rings. The van der Waals surface area contributed by atoms with Crippen molar-refractivity contribution in [3.63, 3.8) is 0 Å². The molecule has 1 N–H and O–H groups in total. The van der Waals surface area contributed by atoms with Gasteiger partial charge in [0, 0.05) is 18.3 Å². The van der Waals surface area contributed by atoms with Crippen LogP contribution in [0.5, 0.6) is 0 Å². The van der Waals surface area contributed by atoms with E-state index in [1.54, 1.807) is 6.21 Å². The van der Waals surface area contributed by atoms with Crippen LogP contribution in [0.1, 0.15) is 5.56 Å². The molecule has 0 saturated carbocycles. The lowest BCUT2D eigenvalue weighted by atomic mass is 10.1. The molecular weight excluding hydrogens is 152 g/mol. The summed E-state index contributed by atoms with van der Waals surface area (Å²) >= 11 is 0. The molecule has 3 nitrogen and oxygen atoms in total. The van der Waals surface area contributed by atoms with Crippen molar-refractivity contribution >= 4 is 17.9 Å². The Bertz CT molecular complexity index is 344. The van der Waals surface area contributed by atoms with Gasteiger partial charge in [0.1, 0.15) is 0 Å². The molecule has 0 atom stereocenters. The summed E-state index contributed by atoms with van der Waals surface area (Å²) in [6, 6.07) is 7.41. The zero-order valence-corrected chi connectivity index (χ0v) is 6.45. The van der Waals surface area contributed by atoms with Gasteiger partial charge in [0.05, 0.1) is 0 Å². The smallest absolute Gasteiger partial charge is 0.306 e. The molecule has 3 heteroatoms. The van der Waals surface area contributed by atoms with Gasteiger partial charge >= 0.3 is 6.03 Å². The van der Waals surface area contributed by atoms with E-state index in [-0.39, 0.29) is 6.03 Å². The molecule has 0 spiro atoms. The Kier molecular flexibility index (Phi) is 1.63. The predicted molar refractivity (Wildman–Crippen MR) is 47.7 cm³/mol. The first-order valence-corrected chi connectivity index (χ1v) is 3.78. The van der Waals surface area contributed by atoms with Gasteiger partial charge in [0.25, 0.3) is 0 Å². The molecule has 1 heterocycles. The Morgan fingerprint density at radius 2 is 2.17 bits per heavy atom. The normalized spacial score (nSPS) is 14.8. The molecule has 2 rings (SSSR count). The van der Waals surface area contributed by atoms with Crippen LogP contribution in [0.4, 0.5) is 10.5 Å². The van der Waals surface area contributed by atoms with E-state index in [0.29, 0.717) is 0 Å². The topological polar surface area (TPSA) is 41.5 Å². The van der Waals surface area contributed by atoms with E-state index in [1.807, 2.05) is 24.3 Å². The van der Waals surface area contributed by atoms with Gasteiger partial charge in [-0.3, -0.25) is 0 Å². The van der Waals surface area contributed by atoms with Crippen LogP contribution in [0.15, 0.2) is 29.3 Å². The summed E-state index contributed by atoms with van der Waals surface area (Å²) in [5.41, 5.74) is 1.96. The van der Waals surface area contributed by atoms with E-state index in [2.05, 4.69) is 10.3 Å². The number of hydrogen-bond donors (Lipinski definition) is 1. The first kappa shape index (κ1) is 7.03. The van der Waals surface area contributed by atoms with Crippen molar-refractivity contribution in [3.8, 4) is 0 Å². The van der Waals surface area contributed by atoms with Crippen molar-refractivity contribution in [2.24, 2.45) is 4.99 Å². The number of urea groups is 1. The van der Waals surface area contributed by atoms with E-state index in [1.165, 1.54) is 0 Å². The second-order valence-electron chi connectivity index (χ2n) is 2.60. The van der Waals surface area contributed by atoms with Gasteiger partial charge in [0.2, 0.25) is 0 Å². The summed E-state index contributed by atoms with van der Waals surface area (Å²) in [4.78, 5) is 14.6. The summed E-state index contributed by atoms with van der Waals surface area (Å²) in [6.07, 6.45) is 2.34. The Morgan fingerprint density at radius 3 is 3.08 bits per heavy atom. The number of carbonyl (C=O) groups is 1. The molecule has 2 amide bonds. The molecule has 0 fully saturated rings. The number of para-hydroxylation sites is 1. The Balaban J connectivity index is 2.44. The van der Waals surface area contributed by atoms with Crippen LogP contribution in [-0.2, 0) is 6.42 Å². The van der Waals surface area contributed by atoms with Gasteiger partial charge in [-0.1, -0.05) is 18.2 Å². The zero-order valence-electron chi connectivity index (χ0n) is 6.45. The van der Waals surface area contributed by atoms with Crippen molar-refractivity contribution < 1.29 is 4.79 Å². The first-order valence-electron chi connectivity index (χ1n) is 3.78. The van der Waals surface area contributed by atoms with Crippen LogP contribution in [-0.4, -0.2) is 12.2 Å². The first-order chi connectivity index (χ1) is 5.86.